The molecule has 5 heteroatoms. The number of hydrogen-bond donors (Lipinski definition) is 1. The lowest BCUT2D eigenvalue weighted by Gasteiger charge is -2.30. The number of hydrogen-bond acceptors (Lipinski definition) is 2. The van der Waals surface area contributed by atoms with Crippen molar-refractivity contribution in [2.24, 2.45) is 0 Å². The third kappa shape index (κ3) is 6.36. The van der Waals surface area contributed by atoms with E-state index >= 15 is 0 Å². The predicted octanol–water partition coefficient (Wildman–Crippen LogP) is 3.69. The lowest BCUT2D eigenvalue weighted by molar-refractivity contribution is 0.122. The molecule has 0 bridgehead atoms. The molecular formula is C16H25ClN2O2. The van der Waals surface area contributed by atoms with Gasteiger partial charge in [-0.05, 0) is 38.0 Å². The molecular weight excluding hydrogens is 288 g/mol. The molecule has 0 radical (unpaired) electrons. The second kappa shape index (κ2) is 8.25. The summed E-state index contributed by atoms with van der Waals surface area (Å²) >= 11 is 5.89. The maximum absolute atomic E-state index is 12.4. The van der Waals surface area contributed by atoms with Gasteiger partial charge in [0.05, 0.1) is 12.1 Å². The molecule has 0 aliphatic rings. The van der Waals surface area contributed by atoms with Crippen LogP contribution in [0.4, 0.5) is 4.79 Å². The maximum Gasteiger partial charge on any atom is 0.318 e. The molecule has 0 unspecified atom stereocenters. The summed E-state index contributed by atoms with van der Waals surface area (Å²) in [5.74, 6) is 0. The van der Waals surface area contributed by atoms with Crippen molar-refractivity contribution >= 4 is 17.6 Å². The second-order valence-corrected chi connectivity index (χ2v) is 6.23. The standard InChI is InChI=1S/C16H25ClN2O2/c1-5-10-19(11-13-6-8-14(17)9-7-13)15(20)18-16(2,3)12-21-4/h6-9H,5,10-12H2,1-4H3,(H,18,20). The summed E-state index contributed by atoms with van der Waals surface area (Å²) in [6, 6.07) is 7.49. The number of carbonyl (C=O) groups excluding carboxylic acids is 1. The van der Waals surface area contributed by atoms with Gasteiger partial charge in [-0.15, -0.1) is 0 Å². The highest BCUT2D eigenvalue weighted by Gasteiger charge is 2.23. The Morgan fingerprint density at radius 1 is 1.33 bits per heavy atom. The number of nitrogens with zero attached hydrogens (tertiary/aromatic N) is 1. The van der Waals surface area contributed by atoms with Gasteiger partial charge in [-0.2, -0.15) is 0 Å². The van der Waals surface area contributed by atoms with E-state index in [0.29, 0.717) is 24.7 Å². The molecule has 0 heterocycles. The molecule has 0 atom stereocenters. The van der Waals surface area contributed by atoms with Crippen LogP contribution < -0.4 is 5.32 Å². The van der Waals surface area contributed by atoms with Crippen molar-refractivity contribution in [1.82, 2.24) is 10.2 Å². The molecule has 0 aliphatic heterocycles. The lowest BCUT2D eigenvalue weighted by atomic mass is 10.1. The number of ether oxygens (including phenoxy) is 1. The fourth-order valence-corrected chi connectivity index (χ4v) is 2.22. The van der Waals surface area contributed by atoms with Gasteiger partial charge >= 0.3 is 6.03 Å². The number of benzene rings is 1. The van der Waals surface area contributed by atoms with Crippen molar-refractivity contribution in [3.63, 3.8) is 0 Å². The summed E-state index contributed by atoms with van der Waals surface area (Å²) in [5, 5.41) is 3.71. The van der Waals surface area contributed by atoms with Gasteiger partial charge in [0.15, 0.2) is 0 Å². The van der Waals surface area contributed by atoms with Crippen molar-refractivity contribution < 1.29 is 9.53 Å². The minimum Gasteiger partial charge on any atom is -0.382 e. The third-order valence-corrected chi connectivity index (χ3v) is 3.27. The monoisotopic (exact) mass is 312 g/mol. The van der Waals surface area contributed by atoms with Crippen LogP contribution in [0, 0.1) is 0 Å². The molecule has 4 nitrogen and oxygen atoms in total. The molecule has 1 N–H and O–H groups in total. The van der Waals surface area contributed by atoms with Crippen molar-refractivity contribution in [2.45, 2.75) is 39.3 Å². The molecule has 0 fully saturated rings. The van der Waals surface area contributed by atoms with Crippen molar-refractivity contribution in [3.8, 4) is 0 Å². The van der Waals surface area contributed by atoms with Crippen LogP contribution in [0.15, 0.2) is 24.3 Å². The molecule has 118 valence electrons. The van der Waals surface area contributed by atoms with E-state index in [2.05, 4.69) is 12.2 Å². The number of methoxy groups -OCH3 is 1. The van der Waals surface area contributed by atoms with E-state index in [1.807, 2.05) is 38.1 Å². The fraction of sp³-hybridized carbons (Fsp3) is 0.562. The normalized spacial score (nSPS) is 11.3. The van der Waals surface area contributed by atoms with Crippen molar-refractivity contribution in [2.75, 3.05) is 20.3 Å². The summed E-state index contributed by atoms with van der Waals surface area (Å²) in [7, 11) is 1.63. The van der Waals surface area contributed by atoms with Crippen LogP contribution in [0.5, 0.6) is 0 Å². The van der Waals surface area contributed by atoms with Crippen LogP contribution in [0.25, 0.3) is 0 Å². The predicted molar refractivity (Wildman–Crippen MR) is 86.6 cm³/mol. The Balaban J connectivity index is 2.71. The number of rotatable bonds is 7. The Morgan fingerprint density at radius 2 is 1.95 bits per heavy atom. The van der Waals surface area contributed by atoms with Gasteiger partial charge < -0.3 is 15.0 Å². The zero-order chi connectivity index (χ0) is 15.9. The summed E-state index contributed by atoms with van der Waals surface area (Å²) in [5.41, 5.74) is 0.671. The molecule has 0 saturated heterocycles. The van der Waals surface area contributed by atoms with E-state index < -0.39 is 5.54 Å². The number of nitrogens with one attached hydrogen (secondary N) is 1. The Bertz CT molecular complexity index is 446. The first kappa shape index (κ1) is 17.8. The summed E-state index contributed by atoms with van der Waals surface area (Å²) in [6.07, 6.45) is 0.908. The largest absolute Gasteiger partial charge is 0.382 e. The number of carbonyl (C=O) groups is 1. The van der Waals surface area contributed by atoms with Gasteiger partial charge in [0.25, 0.3) is 0 Å². The summed E-state index contributed by atoms with van der Waals surface area (Å²) in [4.78, 5) is 14.2. The zero-order valence-corrected chi connectivity index (χ0v) is 14.0. The van der Waals surface area contributed by atoms with E-state index in [1.54, 1.807) is 12.0 Å². The van der Waals surface area contributed by atoms with Crippen LogP contribution >= 0.6 is 11.6 Å². The van der Waals surface area contributed by atoms with E-state index in [4.69, 9.17) is 16.3 Å². The maximum atomic E-state index is 12.4. The van der Waals surface area contributed by atoms with Crippen LogP contribution in [0.3, 0.4) is 0 Å². The number of amides is 2. The van der Waals surface area contributed by atoms with E-state index in [9.17, 15) is 4.79 Å². The first-order valence-electron chi connectivity index (χ1n) is 7.18. The van der Waals surface area contributed by atoms with Gasteiger partial charge in [-0.3, -0.25) is 0 Å². The van der Waals surface area contributed by atoms with Gasteiger partial charge in [-0.25, -0.2) is 4.79 Å². The third-order valence-electron chi connectivity index (χ3n) is 3.02. The Morgan fingerprint density at radius 3 is 2.48 bits per heavy atom. The molecule has 0 saturated carbocycles. The number of urea groups is 1. The first-order valence-corrected chi connectivity index (χ1v) is 7.56. The highest BCUT2D eigenvalue weighted by atomic mass is 35.5. The van der Waals surface area contributed by atoms with Crippen LogP contribution in [-0.4, -0.2) is 36.7 Å². The Kier molecular flexibility index (Phi) is 6.99. The minimum absolute atomic E-state index is 0.0751. The van der Waals surface area contributed by atoms with E-state index in [0.717, 1.165) is 12.0 Å². The first-order chi connectivity index (χ1) is 9.88. The molecule has 2 amide bonds. The molecule has 1 aromatic carbocycles. The quantitative estimate of drug-likeness (QED) is 0.834. The second-order valence-electron chi connectivity index (χ2n) is 5.80. The van der Waals surface area contributed by atoms with Crippen LogP contribution in [0.1, 0.15) is 32.8 Å². The average Bonchev–Trinajstić information content (AvgIpc) is 2.40. The molecule has 0 aliphatic carbocycles. The van der Waals surface area contributed by atoms with Crippen LogP contribution in [-0.2, 0) is 11.3 Å². The molecule has 0 spiro atoms. The topological polar surface area (TPSA) is 41.6 Å². The molecule has 0 aromatic heterocycles. The van der Waals surface area contributed by atoms with E-state index in [-0.39, 0.29) is 6.03 Å². The molecule has 21 heavy (non-hydrogen) atoms. The van der Waals surface area contributed by atoms with Gasteiger partial charge in [0.1, 0.15) is 0 Å². The van der Waals surface area contributed by atoms with Gasteiger partial charge in [0.2, 0.25) is 0 Å². The number of halogens is 1. The lowest BCUT2D eigenvalue weighted by Crippen LogP contribution is -2.52. The summed E-state index contributed by atoms with van der Waals surface area (Å²) < 4.78 is 5.13. The molecule has 1 rings (SSSR count). The average molecular weight is 313 g/mol. The Labute approximate surface area is 132 Å². The minimum atomic E-state index is -0.391. The fourth-order valence-electron chi connectivity index (χ4n) is 2.10. The zero-order valence-electron chi connectivity index (χ0n) is 13.3. The van der Waals surface area contributed by atoms with Gasteiger partial charge in [0, 0.05) is 25.2 Å². The summed E-state index contributed by atoms with van der Waals surface area (Å²) in [6.45, 7) is 7.70. The molecule has 1 aromatic rings. The van der Waals surface area contributed by atoms with Gasteiger partial charge in [-0.1, -0.05) is 30.7 Å². The van der Waals surface area contributed by atoms with Crippen LogP contribution in [0.2, 0.25) is 5.02 Å². The van der Waals surface area contributed by atoms with E-state index in [1.165, 1.54) is 0 Å². The van der Waals surface area contributed by atoms with Crippen molar-refractivity contribution in [3.05, 3.63) is 34.9 Å². The highest BCUT2D eigenvalue weighted by molar-refractivity contribution is 6.30. The SMILES string of the molecule is CCCN(Cc1ccc(Cl)cc1)C(=O)NC(C)(C)COC. The Hall–Kier alpha value is -1.26. The highest BCUT2D eigenvalue weighted by Crippen LogP contribution is 2.13. The smallest absolute Gasteiger partial charge is 0.318 e. The van der Waals surface area contributed by atoms with Crippen molar-refractivity contribution in [1.29, 1.82) is 0 Å².